The molecule has 27 heavy (non-hydrogen) atoms. The molecule has 0 amide bonds. The van der Waals surface area contributed by atoms with Crippen molar-refractivity contribution in [3.63, 3.8) is 0 Å². The van der Waals surface area contributed by atoms with Gasteiger partial charge in [0.05, 0.1) is 10.6 Å². The molecule has 0 aromatic heterocycles. The lowest BCUT2D eigenvalue weighted by Gasteiger charge is -2.23. The fourth-order valence-corrected chi connectivity index (χ4v) is 4.42. The van der Waals surface area contributed by atoms with Crippen molar-refractivity contribution < 1.29 is 13.2 Å². The van der Waals surface area contributed by atoms with Gasteiger partial charge in [-0.3, -0.25) is 4.31 Å². The van der Waals surface area contributed by atoms with Crippen molar-refractivity contribution in [2.45, 2.75) is 25.3 Å². The molecule has 3 rings (SSSR count). The molecule has 3 aromatic rings. The summed E-state index contributed by atoms with van der Waals surface area (Å²) in [7, 11) is -3.60. The summed E-state index contributed by atoms with van der Waals surface area (Å²) in [5.41, 5.74) is 2.61. The Bertz CT molecular complexity index is 984. The predicted molar refractivity (Wildman–Crippen MR) is 109 cm³/mol. The highest BCUT2D eigenvalue weighted by Crippen LogP contribution is 2.26. The summed E-state index contributed by atoms with van der Waals surface area (Å²) >= 11 is 0. The lowest BCUT2D eigenvalue weighted by atomic mass is 10.2. The summed E-state index contributed by atoms with van der Waals surface area (Å²) < 4.78 is 33.2. The first-order chi connectivity index (χ1) is 13.0. The minimum Gasteiger partial charge on any atom is -0.489 e. The highest BCUT2D eigenvalue weighted by atomic mass is 32.2. The van der Waals surface area contributed by atoms with Gasteiger partial charge in [-0.2, -0.15) is 0 Å². The van der Waals surface area contributed by atoms with Gasteiger partial charge in [0.2, 0.25) is 0 Å². The van der Waals surface area contributed by atoms with Gasteiger partial charge in [0.1, 0.15) is 12.4 Å². The van der Waals surface area contributed by atoms with Gasteiger partial charge < -0.3 is 4.74 Å². The van der Waals surface area contributed by atoms with E-state index in [0.717, 1.165) is 11.1 Å². The molecule has 0 spiro atoms. The van der Waals surface area contributed by atoms with Crippen molar-refractivity contribution in [3.8, 4) is 5.75 Å². The molecule has 5 heteroatoms. The molecule has 0 radical (unpaired) electrons. The third-order valence-electron chi connectivity index (χ3n) is 4.24. The number of sulfonamides is 1. The molecule has 0 aliphatic carbocycles. The van der Waals surface area contributed by atoms with Crippen LogP contribution in [0.25, 0.3) is 0 Å². The van der Waals surface area contributed by atoms with Gasteiger partial charge in [-0.15, -0.1) is 0 Å². The fourth-order valence-electron chi connectivity index (χ4n) is 2.84. The van der Waals surface area contributed by atoms with E-state index in [1.165, 1.54) is 4.31 Å². The number of nitrogens with zero attached hydrogens (tertiary/aromatic N) is 1. The third-order valence-corrected chi connectivity index (χ3v) is 6.14. The number of benzene rings is 3. The molecule has 0 heterocycles. The van der Waals surface area contributed by atoms with Crippen LogP contribution in [0.1, 0.15) is 18.1 Å². The van der Waals surface area contributed by atoms with E-state index < -0.39 is 10.0 Å². The average Bonchev–Trinajstić information content (AvgIpc) is 2.68. The first-order valence-electron chi connectivity index (χ1n) is 8.87. The molecule has 0 bridgehead atoms. The summed E-state index contributed by atoms with van der Waals surface area (Å²) in [4.78, 5) is 0.300. The van der Waals surface area contributed by atoms with Gasteiger partial charge in [-0.05, 0) is 61.4 Å². The highest BCUT2D eigenvalue weighted by molar-refractivity contribution is 7.92. The summed E-state index contributed by atoms with van der Waals surface area (Å²) in [6.07, 6.45) is 0. The molecule has 0 aliphatic rings. The van der Waals surface area contributed by atoms with E-state index in [9.17, 15) is 8.42 Å². The smallest absolute Gasteiger partial charge is 0.264 e. The number of rotatable bonds is 7. The minimum atomic E-state index is -3.60. The number of hydrogen-bond donors (Lipinski definition) is 0. The number of hydrogen-bond acceptors (Lipinski definition) is 3. The Kier molecular flexibility index (Phi) is 5.81. The second-order valence-electron chi connectivity index (χ2n) is 6.25. The zero-order valence-electron chi connectivity index (χ0n) is 15.5. The van der Waals surface area contributed by atoms with Gasteiger partial charge in [-0.25, -0.2) is 8.42 Å². The van der Waals surface area contributed by atoms with E-state index in [4.69, 9.17) is 4.74 Å². The Balaban J connectivity index is 1.78. The second-order valence-corrected chi connectivity index (χ2v) is 8.12. The molecule has 0 fully saturated rings. The number of aryl methyl sites for hydroxylation is 1. The van der Waals surface area contributed by atoms with Gasteiger partial charge in [-0.1, -0.05) is 42.5 Å². The van der Waals surface area contributed by atoms with Crippen molar-refractivity contribution in [3.05, 3.63) is 90.0 Å². The lowest BCUT2D eigenvalue weighted by Crippen LogP contribution is -2.30. The third kappa shape index (κ3) is 4.49. The summed E-state index contributed by atoms with van der Waals surface area (Å²) in [6, 6.07) is 24.0. The maximum atomic E-state index is 13.0. The van der Waals surface area contributed by atoms with Crippen LogP contribution in [-0.2, 0) is 16.6 Å². The molecule has 0 atom stereocenters. The molecular formula is C22H23NO3S. The Morgan fingerprint density at radius 1 is 0.889 bits per heavy atom. The molecule has 0 saturated heterocycles. The van der Waals surface area contributed by atoms with Crippen molar-refractivity contribution in [1.82, 2.24) is 0 Å². The SMILES string of the molecule is CCN(c1ccc(OCc2ccccc2)cc1)S(=O)(=O)c1cccc(C)c1. The van der Waals surface area contributed by atoms with Crippen molar-refractivity contribution in [2.75, 3.05) is 10.8 Å². The largest absolute Gasteiger partial charge is 0.489 e. The first-order valence-corrected chi connectivity index (χ1v) is 10.3. The number of anilines is 1. The molecule has 0 saturated carbocycles. The van der Waals surface area contributed by atoms with E-state index in [1.54, 1.807) is 42.5 Å². The van der Waals surface area contributed by atoms with E-state index in [-0.39, 0.29) is 0 Å². The zero-order chi connectivity index (χ0) is 19.3. The van der Waals surface area contributed by atoms with Gasteiger partial charge >= 0.3 is 0 Å². The van der Waals surface area contributed by atoms with Crippen LogP contribution in [0.3, 0.4) is 0 Å². The van der Waals surface area contributed by atoms with Crippen molar-refractivity contribution >= 4 is 15.7 Å². The van der Waals surface area contributed by atoms with Crippen LogP contribution in [0, 0.1) is 6.92 Å². The Labute approximate surface area is 161 Å². The molecule has 140 valence electrons. The van der Waals surface area contributed by atoms with Crippen LogP contribution < -0.4 is 9.04 Å². The van der Waals surface area contributed by atoms with Crippen molar-refractivity contribution in [2.24, 2.45) is 0 Å². The Morgan fingerprint density at radius 2 is 1.59 bits per heavy atom. The van der Waals surface area contributed by atoms with E-state index in [1.807, 2.05) is 50.2 Å². The molecule has 0 N–H and O–H groups in total. The zero-order valence-corrected chi connectivity index (χ0v) is 16.3. The van der Waals surface area contributed by atoms with Crippen LogP contribution in [0.4, 0.5) is 5.69 Å². The Hall–Kier alpha value is -2.79. The van der Waals surface area contributed by atoms with E-state index in [0.29, 0.717) is 29.5 Å². The molecular weight excluding hydrogens is 358 g/mol. The topological polar surface area (TPSA) is 46.6 Å². The molecule has 4 nitrogen and oxygen atoms in total. The van der Waals surface area contributed by atoms with E-state index in [2.05, 4.69) is 0 Å². The molecule has 0 aliphatic heterocycles. The maximum Gasteiger partial charge on any atom is 0.264 e. The maximum absolute atomic E-state index is 13.0. The van der Waals surface area contributed by atoms with Crippen LogP contribution in [0.15, 0.2) is 83.8 Å². The van der Waals surface area contributed by atoms with E-state index >= 15 is 0 Å². The number of ether oxygens (including phenoxy) is 1. The van der Waals surface area contributed by atoms with Crippen molar-refractivity contribution in [1.29, 1.82) is 0 Å². The minimum absolute atomic E-state index is 0.300. The average molecular weight is 381 g/mol. The summed E-state index contributed by atoms with van der Waals surface area (Å²) in [6.45, 7) is 4.53. The van der Waals surface area contributed by atoms with Gasteiger partial charge in [0.15, 0.2) is 0 Å². The monoisotopic (exact) mass is 381 g/mol. The van der Waals surface area contributed by atoms with Crippen LogP contribution >= 0.6 is 0 Å². The predicted octanol–water partition coefficient (Wildman–Crippen LogP) is 4.79. The first kappa shape index (κ1) is 19.0. The Morgan fingerprint density at radius 3 is 2.22 bits per heavy atom. The normalized spacial score (nSPS) is 11.2. The van der Waals surface area contributed by atoms with Gasteiger partial charge in [0, 0.05) is 6.54 Å². The fraction of sp³-hybridized carbons (Fsp3) is 0.182. The quantitative estimate of drug-likeness (QED) is 0.591. The summed E-state index contributed by atoms with van der Waals surface area (Å²) in [5.74, 6) is 0.701. The molecule has 3 aromatic carbocycles. The van der Waals surface area contributed by atoms with Crippen LogP contribution in [-0.4, -0.2) is 15.0 Å². The van der Waals surface area contributed by atoms with Crippen LogP contribution in [0.2, 0.25) is 0 Å². The lowest BCUT2D eigenvalue weighted by molar-refractivity contribution is 0.306. The standard InChI is InChI=1S/C22H23NO3S/c1-3-23(27(24,25)22-11-7-8-18(2)16-22)20-12-14-21(15-13-20)26-17-19-9-5-4-6-10-19/h4-16H,3,17H2,1-2H3. The van der Waals surface area contributed by atoms with Gasteiger partial charge in [0.25, 0.3) is 10.0 Å². The highest BCUT2D eigenvalue weighted by Gasteiger charge is 2.23. The second kappa shape index (κ2) is 8.27. The van der Waals surface area contributed by atoms with Crippen LogP contribution in [0.5, 0.6) is 5.75 Å². The summed E-state index contributed by atoms with van der Waals surface area (Å²) in [5, 5.41) is 0. The molecule has 0 unspecified atom stereocenters.